The van der Waals surface area contributed by atoms with Crippen LogP contribution in [0.2, 0.25) is 0 Å². The first-order valence-electron chi connectivity index (χ1n) is 20.6. The number of rotatable bonds is 37. The molecular weight excluding hydrogens is 592 g/mol. The second-order valence-electron chi connectivity index (χ2n) is 13.8. The predicted octanol–water partition coefficient (Wildman–Crippen LogP) is 14.3. The molecule has 0 aromatic carbocycles. The molecule has 0 aromatic heterocycles. The zero-order chi connectivity index (χ0) is 35.0. The SMILES string of the molecule is CCCCC/C=C\C/C=C\CCCCCCCCCC(=O)OC(CCC/C=C\C/C=C\CCCCCCC)CCCCCCCC(=O)O. The van der Waals surface area contributed by atoms with Crippen LogP contribution in [0.15, 0.2) is 48.6 Å². The van der Waals surface area contributed by atoms with Gasteiger partial charge in [-0.1, -0.05) is 152 Å². The number of carbonyl (C=O) groups excluding carboxylic acids is 1. The van der Waals surface area contributed by atoms with Crippen molar-refractivity contribution in [1.29, 1.82) is 0 Å². The highest BCUT2D eigenvalue weighted by atomic mass is 16.5. The summed E-state index contributed by atoms with van der Waals surface area (Å²) >= 11 is 0. The molecule has 0 heterocycles. The Hall–Kier alpha value is -2.10. The monoisotopic (exact) mass is 671 g/mol. The average molecular weight is 671 g/mol. The van der Waals surface area contributed by atoms with Gasteiger partial charge in [-0.2, -0.15) is 0 Å². The van der Waals surface area contributed by atoms with Crippen molar-refractivity contribution in [2.24, 2.45) is 0 Å². The molecule has 4 heteroatoms. The summed E-state index contributed by atoms with van der Waals surface area (Å²) in [5.41, 5.74) is 0. The molecule has 1 atom stereocenters. The van der Waals surface area contributed by atoms with Gasteiger partial charge in [-0.25, -0.2) is 0 Å². The van der Waals surface area contributed by atoms with Crippen molar-refractivity contribution in [3.63, 3.8) is 0 Å². The molecule has 48 heavy (non-hydrogen) atoms. The van der Waals surface area contributed by atoms with E-state index in [4.69, 9.17) is 9.84 Å². The third-order valence-corrected chi connectivity index (χ3v) is 9.02. The molecule has 0 aromatic rings. The van der Waals surface area contributed by atoms with Crippen LogP contribution in [0.25, 0.3) is 0 Å². The minimum absolute atomic E-state index is 0.00777. The van der Waals surface area contributed by atoms with Crippen molar-refractivity contribution in [3.05, 3.63) is 48.6 Å². The maximum Gasteiger partial charge on any atom is 0.306 e. The fourth-order valence-electron chi connectivity index (χ4n) is 5.96. The number of hydrogen-bond acceptors (Lipinski definition) is 3. The fraction of sp³-hybridized carbons (Fsp3) is 0.773. The van der Waals surface area contributed by atoms with E-state index in [9.17, 15) is 9.59 Å². The topological polar surface area (TPSA) is 63.6 Å². The molecule has 0 saturated carbocycles. The Morgan fingerprint density at radius 3 is 1.35 bits per heavy atom. The van der Waals surface area contributed by atoms with E-state index in [0.29, 0.717) is 6.42 Å². The Morgan fingerprint density at radius 2 is 0.833 bits per heavy atom. The molecule has 0 rings (SSSR count). The molecule has 4 nitrogen and oxygen atoms in total. The van der Waals surface area contributed by atoms with Gasteiger partial charge < -0.3 is 9.84 Å². The maximum absolute atomic E-state index is 12.7. The van der Waals surface area contributed by atoms with Crippen LogP contribution in [0, 0.1) is 0 Å². The summed E-state index contributed by atoms with van der Waals surface area (Å²) in [5, 5.41) is 8.82. The van der Waals surface area contributed by atoms with Crippen molar-refractivity contribution < 1.29 is 19.4 Å². The molecule has 0 fully saturated rings. The normalized spacial score (nSPS) is 12.7. The Bertz CT molecular complexity index is 809. The quantitative estimate of drug-likeness (QED) is 0.0406. The highest BCUT2D eigenvalue weighted by Crippen LogP contribution is 2.18. The van der Waals surface area contributed by atoms with Crippen molar-refractivity contribution in [2.45, 2.75) is 219 Å². The van der Waals surface area contributed by atoms with Gasteiger partial charge in [0.05, 0.1) is 0 Å². The van der Waals surface area contributed by atoms with Gasteiger partial charge >= 0.3 is 11.9 Å². The molecule has 0 aliphatic carbocycles. The molecule has 0 bridgehead atoms. The van der Waals surface area contributed by atoms with Gasteiger partial charge in [0, 0.05) is 12.8 Å². The van der Waals surface area contributed by atoms with Crippen LogP contribution in [0.5, 0.6) is 0 Å². The molecule has 0 aliphatic rings. The van der Waals surface area contributed by atoms with Gasteiger partial charge in [0.1, 0.15) is 6.10 Å². The number of unbranched alkanes of at least 4 members (excludes halogenated alkanes) is 20. The van der Waals surface area contributed by atoms with E-state index in [1.807, 2.05) is 0 Å². The lowest BCUT2D eigenvalue weighted by Gasteiger charge is -2.18. The summed E-state index contributed by atoms with van der Waals surface area (Å²) in [4.78, 5) is 23.4. The molecular formula is C44H78O4. The smallest absolute Gasteiger partial charge is 0.306 e. The maximum atomic E-state index is 12.7. The van der Waals surface area contributed by atoms with E-state index in [1.54, 1.807) is 0 Å². The summed E-state index contributed by atoms with van der Waals surface area (Å²) in [6, 6.07) is 0. The van der Waals surface area contributed by atoms with Crippen LogP contribution in [0.3, 0.4) is 0 Å². The molecule has 0 radical (unpaired) electrons. The number of aliphatic carboxylic acids is 1. The van der Waals surface area contributed by atoms with Gasteiger partial charge in [-0.3, -0.25) is 9.59 Å². The third-order valence-electron chi connectivity index (χ3n) is 9.02. The molecule has 0 saturated heterocycles. The summed E-state index contributed by atoms with van der Waals surface area (Å²) in [6.07, 6.45) is 52.7. The zero-order valence-corrected chi connectivity index (χ0v) is 31.8. The van der Waals surface area contributed by atoms with Gasteiger partial charge in [-0.15, -0.1) is 0 Å². The zero-order valence-electron chi connectivity index (χ0n) is 31.8. The standard InChI is InChI=1S/C44H78O4/c1-3-5-7-9-11-13-15-17-18-19-20-22-24-26-28-33-37-41-44(47)48-42(39-35-31-29-32-36-40-43(45)46)38-34-30-27-25-23-21-16-14-12-10-8-6-4-2/h11,13,16-18,21,25,27,42H,3-10,12,14-15,19-20,22-24,26,28-41H2,1-2H3,(H,45,46)/b13-11-,18-17-,21-16-,27-25-. The lowest BCUT2D eigenvalue weighted by molar-refractivity contribution is -0.150. The fourth-order valence-corrected chi connectivity index (χ4v) is 5.96. The van der Waals surface area contributed by atoms with Crippen LogP contribution in [-0.2, 0) is 14.3 Å². The van der Waals surface area contributed by atoms with Crippen molar-refractivity contribution >= 4 is 11.9 Å². The van der Waals surface area contributed by atoms with Crippen LogP contribution in [-0.4, -0.2) is 23.1 Å². The number of ether oxygens (including phenoxy) is 1. The van der Waals surface area contributed by atoms with Crippen LogP contribution in [0.4, 0.5) is 0 Å². The summed E-state index contributed by atoms with van der Waals surface area (Å²) in [7, 11) is 0. The van der Waals surface area contributed by atoms with Crippen LogP contribution in [0.1, 0.15) is 213 Å². The van der Waals surface area contributed by atoms with E-state index in [2.05, 4.69) is 62.5 Å². The van der Waals surface area contributed by atoms with Crippen LogP contribution < -0.4 is 0 Å². The Labute approximate surface area is 298 Å². The predicted molar refractivity (Wildman–Crippen MR) is 209 cm³/mol. The largest absolute Gasteiger partial charge is 0.481 e. The van der Waals surface area contributed by atoms with Crippen LogP contribution >= 0.6 is 0 Å². The minimum Gasteiger partial charge on any atom is -0.481 e. The highest BCUT2D eigenvalue weighted by Gasteiger charge is 2.14. The molecule has 1 N–H and O–H groups in total. The average Bonchev–Trinajstić information content (AvgIpc) is 3.07. The van der Waals surface area contributed by atoms with E-state index < -0.39 is 5.97 Å². The van der Waals surface area contributed by atoms with Crippen molar-refractivity contribution in [3.8, 4) is 0 Å². The number of carboxylic acid groups (broad SMARTS) is 1. The van der Waals surface area contributed by atoms with E-state index in [-0.39, 0.29) is 18.5 Å². The number of esters is 1. The van der Waals surface area contributed by atoms with E-state index >= 15 is 0 Å². The Morgan fingerprint density at radius 1 is 0.458 bits per heavy atom. The molecule has 0 spiro atoms. The number of carbonyl (C=O) groups is 2. The second kappa shape index (κ2) is 39.3. The highest BCUT2D eigenvalue weighted by molar-refractivity contribution is 5.69. The van der Waals surface area contributed by atoms with Gasteiger partial charge in [-0.05, 0) is 96.3 Å². The lowest BCUT2D eigenvalue weighted by Crippen LogP contribution is -2.18. The van der Waals surface area contributed by atoms with Gasteiger partial charge in [0.15, 0.2) is 0 Å². The van der Waals surface area contributed by atoms with Gasteiger partial charge in [0.2, 0.25) is 0 Å². The van der Waals surface area contributed by atoms with Crippen molar-refractivity contribution in [1.82, 2.24) is 0 Å². The number of carboxylic acids is 1. The Kier molecular flexibility index (Phi) is 37.6. The summed E-state index contributed by atoms with van der Waals surface area (Å²) < 4.78 is 5.98. The summed E-state index contributed by atoms with van der Waals surface area (Å²) in [6.45, 7) is 4.51. The van der Waals surface area contributed by atoms with Crippen molar-refractivity contribution in [2.75, 3.05) is 0 Å². The summed E-state index contributed by atoms with van der Waals surface area (Å²) in [5.74, 6) is -0.736. The second-order valence-corrected chi connectivity index (χ2v) is 13.8. The first-order chi connectivity index (χ1) is 23.6. The molecule has 1 unspecified atom stereocenters. The van der Waals surface area contributed by atoms with E-state index in [1.165, 1.54) is 103 Å². The lowest BCUT2D eigenvalue weighted by atomic mass is 10.0. The third kappa shape index (κ3) is 38.3. The van der Waals surface area contributed by atoms with Gasteiger partial charge in [0.25, 0.3) is 0 Å². The molecule has 278 valence electrons. The van der Waals surface area contributed by atoms with E-state index in [0.717, 1.165) is 83.5 Å². The number of allylic oxidation sites excluding steroid dienone is 8. The first kappa shape index (κ1) is 45.9. The first-order valence-corrected chi connectivity index (χ1v) is 20.6. The molecule has 0 aliphatic heterocycles. The minimum atomic E-state index is -0.708. The molecule has 0 amide bonds. The Balaban J connectivity index is 4.11. The number of hydrogen-bond donors (Lipinski definition) is 1.